The number of benzene rings is 1. The molecule has 1 aliphatic rings. The van der Waals surface area contributed by atoms with Crippen LogP contribution in [0.1, 0.15) is 45.1 Å². The predicted octanol–water partition coefficient (Wildman–Crippen LogP) is 3.01. The molecular weight excluding hydrogens is 260 g/mol. The highest BCUT2D eigenvalue weighted by atomic mass is 16.2. The molecule has 1 aromatic rings. The van der Waals surface area contributed by atoms with Crippen LogP contribution >= 0.6 is 0 Å². The molecule has 0 aromatic heterocycles. The summed E-state index contributed by atoms with van der Waals surface area (Å²) in [6.07, 6.45) is 1.80. The van der Waals surface area contributed by atoms with E-state index in [-0.39, 0.29) is 11.9 Å². The molecule has 2 unspecified atom stereocenters. The third-order valence-corrected chi connectivity index (χ3v) is 4.49. The zero-order valence-corrected chi connectivity index (χ0v) is 13.5. The number of nitrogens with two attached hydrogens (primary N) is 1. The summed E-state index contributed by atoms with van der Waals surface area (Å²) in [5.74, 6) is 1.62. The number of amides is 1. The molecular formula is C18H28N2O. The van der Waals surface area contributed by atoms with Crippen LogP contribution in [0.3, 0.4) is 0 Å². The standard InChI is InChI=1S/C18H28N2O/c1-13(2)11-17(19)18(21)20-10-9-16(14(3)12-20)15-7-5-4-6-8-15/h4-8,13-14,16-17H,9-12,19H2,1-3H3/t14?,16?,17-/m0/s1. The molecule has 0 spiro atoms. The Morgan fingerprint density at radius 2 is 2.00 bits per heavy atom. The average molecular weight is 288 g/mol. The molecule has 21 heavy (non-hydrogen) atoms. The van der Waals surface area contributed by atoms with E-state index < -0.39 is 0 Å². The Labute approximate surface area is 128 Å². The monoisotopic (exact) mass is 288 g/mol. The van der Waals surface area contributed by atoms with E-state index in [1.54, 1.807) is 0 Å². The number of likely N-dealkylation sites (tertiary alicyclic amines) is 1. The maximum Gasteiger partial charge on any atom is 0.239 e. The molecule has 0 saturated carbocycles. The van der Waals surface area contributed by atoms with Crippen molar-refractivity contribution in [1.29, 1.82) is 0 Å². The summed E-state index contributed by atoms with van der Waals surface area (Å²) in [7, 11) is 0. The molecule has 1 aliphatic heterocycles. The van der Waals surface area contributed by atoms with Crippen molar-refractivity contribution in [2.24, 2.45) is 17.6 Å². The van der Waals surface area contributed by atoms with Crippen LogP contribution in [-0.2, 0) is 4.79 Å². The second-order valence-electron chi connectivity index (χ2n) is 6.80. The van der Waals surface area contributed by atoms with Gasteiger partial charge in [0.05, 0.1) is 6.04 Å². The van der Waals surface area contributed by atoms with Gasteiger partial charge in [-0.3, -0.25) is 4.79 Å². The summed E-state index contributed by atoms with van der Waals surface area (Å²) < 4.78 is 0. The van der Waals surface area contributed by atoms with Crippen LogP contribution in [0.2, 0.25) is 0 Å². The molecule has 2 N–H and O–H groups in total. The van der Waals surface area contributed by atoms with Crippen LogP contribution in [-0.4, -0.2) is 29.9 Å². The van der Waals surface area contributed by atoms with Crippen LogP contribution in [0.25, 0.3) is 0 Å². The molecule has 116 valence electrons. The Bertz CT molecular complexity index is 458. The van der Waals surface area contributed by atoms with Gasteiger partial charge in [0.2, 0.25) is 5.91 Å². The minimum atomic E-state index is -0.342. The van der Waals surface area contributed by atoms with Gasteiger partial charge in [-0.1, -0.05) is 51.1 Å². The molecule has 2 rings (SSSR count). The number of hydrogen-bond acceptors (Lipinski definition) is 2. The van der Waals surface area contributed by atoms with Gasteiger partial charge in [0.25, 0.3) is 0 Å². The zero-order chi connectivity index (χ0) is 15.4. The van der Waals surface area contributed by atoms with E-state index in [9.17, 15) is 4.79 Å². The van der Waals surface area contributed by atoms with Crippen molar-refractivity contribution in [2.45, 2.75) is 45.6 Å². The highest BCUT2D eigenvalue weighted by molar-refractivity contribution is 5.81. The average Bonchev–Trinajstić information content (AvgIpc) is 2.46. The first-order chi connectivity index (χ1) is 9.99. The topological polar surface area (TPSA) is 46.3 Å². The van der Waals surface area contributed by atoms with Crippen LogP contribution in [0.15, 0.2) is 30.3 Å². The predicted molar refractivity (Wildman–Crippen MR) is 87.0 cm³/mol. The minimum Gasteiger partial charge on any atom is -0.341 e. The largest absolute Gasteiger partial charge is 0.341 e. The van der Waals surface area contributed by atoms with Gasteiger partial charge in [-0.2, -0.15) is 0 Å². The van der Waals surface area contributed by atoms with E-state index >= 15 is 0 Å². The van der Waals surface area contributed by atoms with Crippen LogP contribution in [0.5, 0.6) is 0 Å². The van der Waals surface area contributed by atoms with E-state index in [2.05, 4.69) is 51.1 Å². The van der Waals surface area contributed by atoms with Crippen LogP contribution in [0.4, 0.5) is 0 Å². The Hall–Kier alpha value is -1.35. The Balaban J connectivity index is 1.96. The van der Waals surface area contributed by atoms with Gasteiger partial charge in [-0.05, 0) is 36.2 Å². The molecule has 1 amide bonds. The third-order valence-electron chi connectivity index (χ3n) is 4.49. The quantitative estimate of drug-likeness (QED) is 0.925. The fourth-order valence-electron chi connectivity index (χ4n) is 3.38. The first kappa shape index (κ1) is 16.0. The number of hydrogen-bond donors (Lipinski definition) is 1. The molecule has 3 heteroatoms. The van der Waals surface area contributed by atoms with Gasteiger partial charge in [0.1, 0.15) is 0 Å². The summed E-state index contributed by atoms with van der Waals surface area (Å²) in [5.41, 5.74) is 7.44. The smallest absolute Gasteiger partial charge is 0.239 e. The number of carbonyl (C=O) groups is 1. The van der Waals surface area contributed by atoms with E-state index in [4.69, 9.17) is 5.73 Å². The first-order valence-corrected chi connectivity index (χ1v) is 8.08. The maximum atomic E-state index is 12.4. The van der Waals surface area contributed by atoms with Crippen molar-refractivity contribution in [3.63, 3.8) is 0 Å². The molecule has 1 fully saturated rings. The molecule has 1 saturated heterocycles. The lowest BCUT2D eigenvalue weighted by molar-refractivity contribution is -0.134. The molecule has 0 bridgehead atoms. The summed E-state index contributed by atoms with van der Waals surface area (Å²) in [6.45, 7) is 8.11. The SMILES string of the molecule is CC(C)C[C@H](N)C(=O)N1CCC(c2ccccc2)C(C)C1. The van der Waals surface area contributed by atoms with E-state index in [1.807, 2.05) is 4.90 Å². The van der Waals surface area contributed by atoms with Crippen molar-refractivity contribution in [2.75, 3.05) is 13.1 Å². The molecule has 1 heterocycles. The van der Waals surface area contributed by atoms with Crippen LogP contribution in [0, 0.1) is 11.8 Å². The van der Waals surface area contributed by atoms with Crippen LogP contribution < -0.4 is 5.73 Å². The van der Waals surface area contributed by atoms with Gasteiger partial charge in [-0.15, -0.1) is 0 Å². The lowest BCUT2D eigenvalue weighted by Gasteiger charge is -2.38. The van der Waals surface area contributed by atoms with Crippen molar-refractivity contribution >= 4 is 5.91 Å². The Kier molecular flexibility index (Phi) is 5.40. The highest BCUT2D eigenvalue weighted by Gasteiger charge is 2.31. The molecule has 1 aromatic carbocycles. The fraction of sp³-hybridized carbons (Fsp3) is 0.611. The summed E-state index contributed by atoms with van der Waals surface area (Å²) in [4.78, 5) is 14.4. The van der Waals surface area contributed by atoms with E-state index in [0.717, 1.165) is 25.9 Å². The van der Waals surface area contributed by atoms with Gasteiger partial charge < -0.3 is 10.6 Å². The Morgan fingerprint density at radius 1 is 1.33 bits per heavy atom. The van der Waals surface area contributed by atoms with Gasteiger partial charge in [-0.25, -0.2) is 0 Å². The first-order valence-electron chi connectivity index (χ1n) is 8.08. The van der Waals surface area contributed by atoms with Gasteiger partial charge >= 0.3 is 0 Å². The Morgan fingerprint density at radius 3 is 2.57 bits per heavy atom. The van der Waals surface area contributed by atoms with Gasteiger partial charge in [0, 0.05) is 13.1 Å². The highest BCUT2D eigenvalue weighted by Crippen LogP contribution is 2.32. The molecule has 3 atom stereocenters. The second-order valence-corrected chi connectivity index (χ2v) is 6.80. The van der Waals surface area contributed by atoms with E-state index in [1.165, 1.54) is 5.56 Å². The number of nitrogens with zero attached hydrogens (tertiary/aromatic N) is 1. The lowest BCUT2D eigenvalue weighted by Crippen LogP contribution is -2.49. The molecule has 0 radical (unpaired) electrons. The second kappa shape index (κ2) is 7.08. The number of rotatable bonds is 4. The summed E-state index contributed by atoms with van der Waals surface area (Å²) in [6, 6.07) is 10.3. The third kappa shape index (κ3) is 4.07. The minimum absolute atomic E-state index is 0.127. The molecule has 0 aliphatic carbocycles. The number of piperidine rings is 1. The van der Waals surface area contributed by atoms with Crippen molar-refractivity contribution in [1.82, 2.24) is 4.90 Å². The number of carbonyl (C=O) groups excluding carboxylic acids is 1. The van der Waals surface area contributed by atoms with Crippen molar-refractivity contribution in [3.8, 4) is 0 Å². The van der Waals surface area contributed by atoms with Gasteiger partial charge in [0.15, 0.2) is 0 Å². The van der Waals surface area contributed by atoms with Crippen molar-refractivity contribution in [3.05, 3.63) is 35.9 Å². The fourth-order valence-corrected chi connectivity index (χ4v) is 3.38. The lowest BCUT2D eigenvalue weighted by atomic mass is 9.81. The summed E-state index contributed by atoms with van der Waals surface area (Å²) in [5, 5.41) is 0. The normalized spacial score (nSPS) is 24.1. The molecule has 3 nitrogen and oxygen atoms in total. The summed E-state index contributed by atoms with van der Waals surface area (Å²) >= 11 is 0. The van der Waals surface area contributed by atoms with E-state index in [0.29, 0.717) is 17.8 Å². The maximum absolute atomic E-state index is 12.4. The van der Waals surface area contributed by atoms with Crippen molar-refractivity contribution < 1.29 is 4.79 Å². The zero-order valence-electron chi connectivity index (χ0n) is 13.5.